The number of esters is 1. The van der Waals surface area contributed by atoms with Crippen LogP contribution in [0.25, 0.3) is 0 Å². The SMILES string of the molecule is CCOC(=O)C(CC)Nc1ccc(C(C)(C)C)cc1. The minimum absolute atomic E-state index is 0.143. The van der Waals surface area contributed by atoms with Gasteiger partial charge in [-0.05, 0) is 36.5 Å². The van der Waals surface area contributed by atoms with Crippen molar-refractivity contribution in [2.24, 2.45) is 0 Å². The predicted octanol–water partition coefficient (Wildman–Crippen LogP) is 3.74. The van der Waals surface area contributed by atoms with Crippen molar-refractivity contribution in [3.63, 3.8) is 0 Å². The summed E-state index contributed by atoms with van der Waals surface area (Å²) in [6, 6.07) is 7.95. The van der Waals surface area contributed by atoms with Crippen molar-refractivity contribution in [3.05, 3.63) is 29.8 Å². The molecule has 0 heterocycles. The second kappa shape index (κ2) is 6.60. The molecule has 1 aromatic rings. The van der Waals surface area contributed by atoms with Gasteiger partial charge in [0, 0.05) is 5.69 Å². The van der Waals surface area contributed by atoms with Gasteiger partial charge in [0.15, 0.2) is 0 Å². The van der Waals surface area contributed by atoms with E-state index in [1.165, 1.54) is 5.56 Å². The zero-order chi connectivity index (χ0) is 14.5. The third-order valence-electron chi connectivity index (χ3n) is 3.07. The van der Waals surface area contributed by atoms with Crippen LogP contribution in [0.1, 0.15) is 46.6 Å². The molecule has 106 valence electrons. The number of hydrogen-bond acceptors (Lipinski definition) is 3. The lowest BCUT2D eigenvalue weighted by atomic mass is 9.87. The third kappa shape index (κ3) is 4.58. The van der Waals surface area contributed by atoms with E-state index in [2.05, 4.69) is 38.2 Å². The van der Waals surface area contributed by atoms with Gasteiger partial charge in [0.1, 0.15) is 6.04 Å². The van der Waals surface area contributed by atoms with Crippen LogP contribution in [-0.4, -0.2) is 18.6 Å². The molecule has 19 heavy (non-hydrogen) atoms. The molecule has 0 fully saturated rings. The van der Waals surface area contributed by atoms with Crippen LogP contribution in [0.2, 0.25) is 0 Å². The minimum Gasteiger partial charge on any atom is -0.464 e. The van der Waals surface area contributed by atoms with E-state index in [-0.39, 0.29) is 17.4 Å². The number of ether oxygens (including phenoxy) is 1. The second-order valence-electron chi connectivity index (χ2n) is 5.68. The van der Waals surface area contributed by atoms with Crippen molar-refractivity contribution < 1.29 is 9.53 Å². The van der Waals surface area contributed by atoms with Gasteiger partial charge in [-0.2, -0.15) is 0 Å². The molecule has 1 atom stereocenters. The Morgan fingerprint density at radius 3 is 2.21 bits per heavy atom. The molecule has 1 rings (SSSR count). The molecule has 0 bridgehead atoms. The summed E-state index contributed by atoms with van der Waals surface area (Å²) >= 11 is 0. The quantitative estimate of drug-likeness (QED) is 0.822. The first-order valence-electron chi connectivity index (χ1n) is 6.92. The Morgan fingerprint density at radius 2 is 1.79 bits per heavy atom. The Morgan fingerprint density at radius 1 is 1.21 bits per heavy atom. The Hall–Kier alpha value is -1.51. The average Bonchev–Trinajstić information content (AvgIpc) is 2.35. The van der Waals surface area contributed by atoms with E-state index >= 15 is 0 Å². The van der Waals surface area contributed by atoms with E-state index in [0.29, 0.717) is 13.0 Å². The maximum absolute atomic E-state index is 11.7. The lowest BCUT2D eigenvalue weighted by Gasteiger charge is -2.21. The van der Waals surface area contributed by atoms with Gasteiger partial charge >= 0.3 is 5.97 Å². The molecule has 0 saturated carbocycles. The molecule has 0 spiro atoms. The van der Waals surface area contributed by atoms with Crippen LogP contribution in [0, 0.1) is 0 Å². The minimum atomic E-state index is -0.277. The molecule has 0 aliphatic heterocycles. The molecule has 0 aliphatic carbocycles. The maximum Gasteiger partial charge on any atom is 0.328 e. The van der Waals surface area contributed by atoms with Crippen molar-refractivity contribution >= 4 is 11.7 Å². The van der Waals surface area contributed by atoms with Gasteiger partial charge in [0.25, 0.3) is 0 Å². The summed E-state index contributed by atoms with van der Waals surface area (Å²) in [4.78, 5) is 11.7. The second-order valence-corrected chi connectivity index (χ2v) is 5.68. The Labute approximate surface area is 116 Å². The topological polar surface area (TPSA) is 38.3 Å². The summed E-state index contributed by atoms with van der Waals surface area (Å²) in [5.41, 5.74) is 2.37. The maximum atomic E-state index is 11.7. The number of nitrogens with one attached hydrogen (secondary N) is 1. The van der Waals surface area contributed by atoms with E-state index < -0.39 is 0 Å². The third-order valence-corrected chi connectivity index (χ3v) is 3.07. The van der Waals surface area contributed by atoms with Crippen molar-refractivity contribution in [3.8, 4) is 0 Å². The molecular weight excluding hydrogens is 238 g/mol. The van der Waals surface area contributed by atoms with Gasteiger partial charge in [-0.15, -0.1) is 0 Å². The highest BCUT2D eigenvalue weighted by molar-refractivity contribution is 5.79. The fraction of sp³-hybridized carbons (Fsp3) is 0.562. The highest BCUT2D eigenvalue weighted by atomic mass is 16.5. The summed E-state index contributed by atoms with van der Waals surface area (Å²) < 4.78 is 5.04. The first-order valence-corrected chi connectivity index (χ1v) is 6.92. The van der Waals surface area contributed by atoms with Crippen molar-refractivity contribution in [2.45, 2.75) is 52.5 Å². The summed E-state index contributed by atoms with van der Waals surface area (Å²) in [6.45, 7) is 10.8. The molecule has 1 aromatic carbocycles. The fourth-order valence-corrected chi connectivity index (χ4v) is 1.84. The van der Waals surface area contributed by atoms with Gasteiger partial charge in [-0.3, -0.25) is 0 Å². The standard InChI is InChI=1S/C16H25NO2/c1-6-14(15(18)19-7-2)17-13-10-8-12(9-11-13)16(3,4)5/h8-11,14,17H,6-7H2,1-5H3. The summed E-state index contributed by atoms with van der Waals surface area (Å²) in [6.07, 6.45) is 0.708. The molecule has 1 unspecified atom stereocenters. The van der Waals surface area contributed by atoms with Gasteiger partial charge < -0.3 is 10.1 Å². The highest BCUT2D eigenvalue weighted by Crippen LogP contribution is 2.23. The fourth-order valence-electron chi connectivity index (χ4n) is 1.84. The summed E-state index contributed by atoms with van der Waals surface area (Å²) in [5.74, 6) is -0.190. The summed E-state index contributed by atoms with van der Waals surface area (Å²) in [5, 5.41) is 3.22. The highest BCUT2D eigenvalue weighted by Gasteiger charge is 2.18. The van der Waals surface area contributed by atoms with E-state index in [9.17, 15) is 4.79 Å². The zero-order valence-electron chi connectivity index (χ0n) is 12.6. The smallest absolute Gasteiger partial charge is 0.328 e. The van der Waals surface area contributed by atoms with Crippen LogP contribution >= 0.6 is 0 Å². The van der Waals surface area contributed by atoms with Crippen molar-refractivity contribution in [1.29, 1.82) is 0 Å². The molecule has 1 N–H and O–H groups in total. The number of carbonyl (C=O) groups is 1. The number of anilines is 1. The predicted molar refractivity (Wildman–Crippen MR) is 79.5 cm³/mol. The number of carbonyl (C=O) groups excluding carboxylic acids is 1. The molecule has 0 radical (unpaired) electrons. The first-order chi connectivity index (χ1) is 8.88. The number of hydrogen-bond donors (Lipinski definition) is 1. The number of rotatable bonds is 5. The van der Waals surface area contributed by atoms with Crippen molar-refractivity contribution in [2.75, 3.05) is 11.9 Å². The Balaban J connectivity index is 2.73. The van der Waals surface area contributed by atoms with Crippen LogP contribution in [0.3, 0.4) is 0 Å². The van der Waals surface area contributed by atoms with Gasteiger partial charge in [-0.25, -0.2) is 4.79 Å². The molecule has 0 saturated heterocycles. The Bertz CT molecular complexity index is 404. The molecule has 0 amide bonds. The largest absolute Gasteiger partial charge is 0.464 e. The summed E-state index contributed by atoms with van der Waals surface area (Å²) in [7, 11) is 0. The normalized spacial score (nSPS) is 12.9. The Kier molecular flexibility index (Phi) is 5.40. The lowest BCUT2D eigenvalue weighted by Crippen LogP contribution is -2.30. The van der Waals surface area contributed by atoms with Gasteiger partial charge in [0.05, 0.1) is 6.61 Å². The van der Waals surface area contributed by atoms with E-state index in [1.54, 1.807) is 0 Å². The van der Waals surface area contributed by atoms with E-state index in [1.807, 2.05) is 26.0 Å². The molecular formula is C16H25NO2. The van der Waals surface area contributed by atoms with Gasteiger partial charge in [0.2, 0.25) is 0 Å². The van der Waals surface area contributed by atoms with Crippen LogP contribution in [0.4, 0.5) is 5.69 Å². The molecule has 3 nitrogen and oxygen atoms in total. The van der Waals surface area contributed by atoms with E-state index in [4.69, 9.17) is 4.74 Å². The van der Waals surface area contributed by atoms with Gasteiger partial charge in [-0.1, -0.05) is 39.8 Å². The molecule has 0 aromatic heterocycles. The molecule has 3 heteroatoms. The van der Waals surface area contributed by atoms with Crippen LogP contribution in [-0.2, 0) is 14.9 Å². The van der Waals surface area contributed by atoms with Crippen molar-refractivity contribution in [1.82, 2.24) is 0 Å². The number of benzene rings is 1. The van der Waals surface area contributed by atoms with Crippen LogP contribution in [0.15, 0.2) is 24.3 Å². The monoisotopic (exact) mass is 263 g/mol. The first kappa shape index (κ1) is 15.5. The lowest BCUT2D eigenvalue weighted by molar-refractivity contribution is -0.144. The van der Waals surface area contributed by atoms with Crippen LogP contribution in [0.5, 0.6) is 0 Å². The van der Waals surface area contributed by atoms with Crippen LogP contribution < -0.4 is 5.32 Å². The molecule has 0 aliphatic rings. The zero-order valence-corrected chi connectivity index (χ0v) is 12.6. The average molecular weight is 263 g/mol. The van der Waals surface area contributed by atoms with E-state index in [0.717, 1.165) is 5.69 Å².